The lowest BCUT2D eigenvalue weighted by molar-refractivity contribution is -0.156. The lowest BCUT2D eigenvalue weighted by atomic mass is 9.70. The molecule has 0 radical (unpaired) electrons. The Kier molecular flexibility index (Phi) is 9.81. The van der Waals surface area contributed by atoms with Crippen molar-refractivity contribution in [2.45, 2.75) is 68.1 Å². The number of aliphatic hydroxyl groups is 1. The van der Waals surface area contributed by atoms with Crippen LogP contribution in [-0.2, 0) is 23.9 Å². The van der Waals surface area contributed by atoms with Crippen LogP contribution in [-0.4, -0.2) is 76.2 Å². The van der Waals surface area contributed by atoms with E-state index in [0.717, 1.165) is 12.8 Å². The number of nitrogens with zero attached hydrogens (tertiary/aromatic N) is 2. The summed E-state index contributed by atoms with van der Waals surface area (Å²) in [6.45, 7) is 11.4. The van der Waals surface area contributed by atoms with Crippen molar-refractivity contribution in [3.8, 4) is 0 Å². The number of anilines is 1. The molecule has 218 valence electrons. The highest BCUT2D eigenvalue weighted by molar-refractivity contribution is 9.09. The molecule has 2 bridgehead atoms. The van der Waals surface area contributed by atoms with E-state index >= 15 is 0 Å². The summed E-state index contributed by atoms with van der Waals surface area (Å²) in [4.78, 5) is 45.1. The van der Waals surface area contributed by atoms with Crippen LogP contribution in [0.5, 0.6) is 0 Å². The predicted molar refractivity (Wildman–Crippen MR) is 157 cm³/mol. The first-order valence-electron chi connectivity index (χ1n) is 13.8. The smallest absolute Gasteiger partial charge is 0.312 e. The van der Waals surface area contributed by atoms with Crippen LogP contribution in [0.15, 0.2) is 49.6 Å². The van der Waals surface area contributed by atoms with Crippen molar-refractivity contribution < 1.29 is 29.0 Å². The van der Waals surface area contributed by atoms with Crippen LogP contribution < -0.4 is 4.90 Å². The van der Waals surface area contributed by atoms with Gasteiger partial charge in [-0.05, 0) is 55.9 Å². The molecule has 1 spiro atoms. The topological polar surface area (TPSA) is 96.4 Å². The number of benzene rings is 1. The van der Waals surface area contributed by atoms with Crippen LogP contribution in [0.1, 0.15) is 39.5 Å². The lowest BCUT2D eigenvalue weighted by Gasteiger charge is -2.40. The van der Waals surface area contributed by atoms with E-state index in [9.17, 15) is 19.5 Å². The molecular formula is C30H38BrClN2O6. The minimum Gasteiger partial charge on any atom is -0.465 e. The third-order valence-electron chi connectivity index (χ3n) is 8.31. The van der Waals surface area contributed by atoms with Crippen LogP contribution in [0.4, 0.5) is 5.69 Å². The Hall–Kier alpha value is -2.20. The van der Waals surface area contributed by atoms with E-state index in [-0.39, 0.29) is 42.3 Å². The molecule has 3 unspecified atom stereocenters. The third kappa shape index (κ3) is 5.38. The fourth-order valence-corrected chi connectivity index (χ4v) is 7.54. The summed E-state index contributed by atoms with van der Waals surface area (Å²) >= 11 is 9.79. The Morgan fingerprint density at radius 2 is 1.98 bits per heavy atom. The zero-order valence-corrected chi connectivity index (χ0v) is 25.4. The first-order valence-corrected chi connectivity index (χ1v) is 15.1. The van der Waals surface area contributed by atoms with Crippen LogP contribution in [0.2, 0.25) is 5.02 Å². The van der Waals surface area contributed by atoms with Gasteiger partial charge >= 0.3 is 5.97 Å². The Balaban J connectivity index is 1.75. The van der Waals surface area contributed by atoms with Gasteiger partial charge in [0.25, 0.3) is 5.91 Å². The second-order valence-corrected chi connectivity index (χ2v) is 12.7. The molecule has 3 aliphatic heterocycles. The predicted octanol–water partition coefficient (Wildman–Crippen LogP) is 4.52. The highest BCUT2D eigenvalue weighted by atomic mass is 79.9. The summed E-state index contributed by atoms with van der Waals surface area (Å²) in [5.41, 5.74) is -0.668. The molecule has 10 heteroatoms. The Bertz CT molecular complexity index is 1130. The molecule has 8 nitrogen and oxygen atoms in total. The average molecular weight is 638 g/mol. The van der Waals surface area contributed by atoms with Gasteiger partial charge in [0, 0.05) is 22.1 Å². The molecule has 7 atom stereocenters. The van der Waals surface area contributed by atoms with Gasteiger partial charge in [0.15, 0.2) is 0 Å². The summed E-state index contributed by atoms with van der Waals surface area (Å²) in [5.74, 6) is -3.14. The monoisotopic (exact) mass is 636 g/mol. The molecule has 1 N–H and O–H groups in total. The van der Waals surface area contributed by atoms with E-state index in [4.69, 9.17) is 21.1 Å². The quantitative estimate of drug-likeness (QED) is 0.148. The number of esters is 1. The van der Waals surface area contributed by atoms with E-state index in [1.54, 1.807) is 35.2 Å². The van der Waals surface area contributed by atoms with Crippen molar-refractivity contribution in [3.63, 3.8) is 0 Å². The first kappa shape index (κ1) is 30.8. The summed E-state index contributed by atoms with van der Waals surface area (Å²) in [7, 11) is 0. The molecule has 0 aromatic heterocycles. The normalized spacial score (nSPS) is 29.4. The van der Waals surface area contributed by atoms with Crippen LogP contribution in [0, 0.1) is 17.8 Å². The maximum Gasteiger partial charge on any atom is 0.312 e. The van der Waals surface area contributed by atoms with Gasteiger partial charge in [-0.15, -0.1) is 13.2 Å². The molecule has 0 aliphatic carbocycles. The van der Waals surface area contributed by atoms with Crippen molar-refractivity contribution in [1.82, 2.24) is 4.90 Å². The average Bonchev–Trinajstić information content (AvgIpc) is 3.51. The number of carbonyl (C=O) groups is 3. The number of ether oxygens (including phenoxy) is 2. The zero-order chi connectivity index (χ0) is 29.2. The minimum atomic E-state index is -1.26. The number of hydrogen-bond acceptors (Lipinski definition) is 6. The number of fused-ring (bicyclic) bond motifs is 1. The molecule has 4 rings (SSSR count). The summed E-state index contributed by atoms with van der Waals surface area (Å²) < 4.78 is 12.2. The number of alkyl halides is 1. The van der Waals surface area contributed by atoms with E-state index < -0.39 is 41.6 Å². The lowest BCUT2D eigenvalue weighted by Crippen LogP contribution is -2.60. The number of amides is 2. The highest BCUT2D eigenvalue weighted by Gasteiger charge is 2.77. The maximum absolute atomic E-state index is 14.6. The van der Waals surface area contributed by atoms with Crippen molar-refractivity contribution in [2.24, 2.45) is 17.8 Å². The second-order valence-electron chi connectivity index (χ2n) is 11.1. The van der Waals surface area contributed by atoms with Crippen molar-refractivity contribution in [3.05, 3.63) is 54.6 Å². The number of hydrogen-bond donors (Lipinski definition) is 1. The van der Waals surface area contributed by atoms with Gasteiger partial charge < -0.3 is 24.4 Å². The maximum atomic E-state index is 14.6. The largest absolute Gasteiger partial charge is 0.465 e. The Labute approximate surface area is 249 Å². The summed E-state index contributed by atoms with van der Waals surface area (Å²) in [6.07, 6.45) is 5.54. The van der Waals surface area contributed by atoms with Crippen LogP contribution in [0.25, 0.3) is 0 Å². The molecule has 3 heterocycles. The molecule has 3 saturated heterocycles. The van der Waals surface area contributed by atoms with Gasteiger partial charge in [0.05, 0.1) is 37.2 Å². The van der Waals surface area contributed by atoms with E-state index in [1.165, 1.54) is 4.90 Å². The van der Waals surface area contributed by atoms with Gasteiger partial charge in [-0.1, -0.05) is 53.5 Å². The first-order chi connectivity index (χ1) is 19.1. The SMILES string of the molecule is C=CCCCCOC(=O)[C@H]1[C@@H]2OC3(CC2Br)C(C(=O)N(CC=C)c2ccc(Cl)cc2)N([C@@H](CO)C(C)C)C(=O)[C@H]13. The van der Waals surface area contributed by atoms with Crippen molar-refractivity contribution in [1.29, 1.82) is 0 Å². The van der Waals surface area contributed by atoms with Gasteiger partial charge in [-0.2, -0.15) is 0 Å². The van der Waals surface area contributed by atoms with Crippen LogP contribution >= 0.6 is 27.5 Å². The zero-order valence-electron chi connectivity index (χ0n) is 23.0. The number of allylic oxidation sites excluding steroid dienone is 1. The van der Waals surface area contributed by atoms with Gasteiger partial charge in [-0.3, -0.25) is 14.4 Å². The summed E-state index contributed by atoms with van der Waals surface area (Å²) in [6, 6.07) is 5.14. The number of likely N-dealkylation sites (tertiary alicyclic amines) is 1. The standard InChI is InChI=1S/C30H38BrClN2O6/c1-5-7-8-9-15-39-29(38)23-24-27(36)34(22(17-35)18(3)4)26(30(24)16-21(31)25(23)40-30)28(37)33(14-6-2)20-12-10-19(32)11-13-20/h5-6,10-13,18,21-26,35H,1-2,7-9,14-17H2,3-4H3/t21?,22-,23+,24-,25+,26?,30?/m0/s1. The molecule has 40 heavy (non-hydrogen) atoms. The Morgan fingerprint density at radius 3 is 2.58 bits per heavy atom. The molecule has 2 amide bonds. The molecule has 3 aliphatic rings. The molecule has 1 aromatic carbocycles. The van der Waals surface area contributed by atoms with Gasteiger partial charge in [0.2, 0.25) is 5.91 Å². The number of unbranched alkanes of at least 4 members (excludes halogenated alkanes) is 2. The van der Waals surface area contributed by atoms with E-state index in [1.807, 2.05) is 19.9 Å². The number of carbonyl (C=O) groups excluding carboxylic acids is 3. The van der Waals surface area contributed by atoms with E-state index in [2.05, 4.69) is 29.1 Å². The molecule has 3 fully saturated rings. The van der Waals surface area contributed by atoms with Crippen LogP contribution in [0.3, 0.4) is 0 Å². The fraction of sp³-hybridized carbons (Fsp3) is 0.567. The number of halogens is 2. The second kappa shape index (κ2) is 12.8. The minimum absolute atomic E-state index is 0.157. The molecular weight excluding hydrogens is 600 g/mol. The number of aliphatic hydroxyl groups excluding tert-OH is 1. The van der Waals surface area contributed by atoms with Crippen molar-refractivity contribution >= 4 is 51.0 Å². The molecule has 0 saturated carbocycles. The van der Waals surface area contributed by atoms with Gasteiger partial charge in [-0.25, -0.2) is 0 Å². The fourth-order valence-electron chi connectivity index (χ4n) is 6.47. The third-order valence-corrected chi connectivity index (χ3v) is 9.41. The Morgan fingerprint density at radius 1 is 1.27 bits per heavy atom. The highest BCUT2D eigenvalue weighted by Crippen LogP contribution is 2.61. The van der Waals surface area contributed by atoms with Gasteiger partial charge in [0.1, 0.15) is 11.6 Å². The van der Waals surface area contributed by atoms with Crippen molar-refractivity contribution in [2.75, 3.05) is 24.7 Å². The summed E-state index contributed by atoms with van der Waals surface area (Å²) in [5, 5.41) is 10.9. The van der Waals surface area contributed by atoms with E-state index in [0.29, 0.717) is 23.6 Å². The molecule has 1 aromatic rings. The number of rotatable bonds is 13.